The van der Waals surface area contributed by atoms with Crippen LogP contribution in [0, 0.1) is 0 Å². The van der Waals surface area contributed by atoms with E-state index in [1.807, 2.05) is 48.0 Å². The van der Waals surface area contributed by atoms with E-state index in [-0.39, 0.29) is 17.2 Å². The van der Waals surface area contributed by atoms with Crippen LogP contribution < -0.4 is 15.6 Å². The number of rotatable bonds is 7. The van der Waals surface area contributed by atoms with Gasteiger partial charge in [-0.3, -0.25) is 14.2 Å². The molecule has 0 bridgehead atoms. The molecule has 3 aromatic heterocycles. The number of aromatic nitrogens is 2. The molecule has 0 aliphatic carbocycles. The van der Waals surface area contributed by atoms with E-state index < -0.39 is 0 Å². The molecule has 0 saturated carbocycles. The van der Waals surface area contributed by atoms with Crippen LogP contribution in [0.5, 0.6) is 5.75 Å². The van der Waals surface area contributed by atoms with Gasteiger partial charge < -0.3 is 10.1 Å². The fraction of sp³-hybridized carbons (Fsp3) is 0.190. The Hall–Kier alpha value is -2.62. The second-order valence-electron chi connectivity index (χ2n) is 6.33. The number of carbonyl (C=O) groups is 1. The number of nitrogens with zero attached hydrogens (tertiary/aromatic N) is 2. The first-order valence-corrected chi connectivity index (χ1v) is 12.0. The smallest absolute Gasteiger partial charge is 0.263 e. The van der Waals surface area contributed by atoms with Crippen LogP contribution in [0.15, 0.2) is 57.1 Å². The van der Waals surface area contributed by atoms with E-state index in [1.165, 1.54) is 27.7 Å². The van der Waals surface area contributed by atoms with Gasteiger partial charge in [0.25, 0.3) is 5.56 Å². The quantitative estimate of drug-likeness (QED) is 0.317. The summed E-state index contributed by atoms with van der Waals surface area (Å²) in [5.41, 5.74) is 1.44. The molecule has 9 heteroatoms. The van der Waals surface area contributed by atoms with Crippen molar-refractivity contribution in [1.82, 2.24) is 9.55 Å². The van der Waals surface area contributed by atoms with Gasteiger partial charge in [0.15, 0.2) is 5.16 Å². The molecule has 1 N–H and O–H groups in total. The third-order valence-corrected chi connectivity index (χ3v) is 7.16. The van der Waals surface area contributed by atoms with Crippen molar-refractivity contribution in [3.05, 3.63) is 57.5 Å². The molecule has 3 heterocycles. The number of amides is 1. The van der Waals surface area contributed by atoms with Gasteiger partial charge in [0, 0.05) is 22.9 Å². The maximum Gasteiger partial charge on any atom is 0.263 e. The fourth-order valence-corrected chi connectivity index (χ4v) is 5.54. The van der Waals surface area contributed by atoms with Gasteiger partial charge in [-0.15, -0.1) is 22.7 Å². The second-order valence-corrected chi connectivity index (χ2v) is 9.08. The van der Waals surface area contributed by atoms with Crippen LogP contribution in [0.4, 0.5) is 5.69 Å². The highest BCUT2D eigenvalue weighted by atomic mass is 32.2. The van der Waals surface area contributed by atoms with Crippen molar-refractivity contribution >= 4 is 56.2 Å². The average molecular weight is 458 g/mol. The fourth-order valence-electron chi connectivity index (χ4n) is 2.96. The number of hydrogen-bond donors (Lipinski definition) is 1. The average Bonchev–Trinajstić information content (AvgIpc) is 3.41. The molecule has 4 rings (SSSR count). The second kappa shape index (κ2) is 9.03. The molecular weight excluding hydrogens is 438 g/mol. The lowest BCUT2D eigenvalue weighted by Crippen LogP contribution is -2.21. The summed E-state index contributed by atoms with van der Waals surface area (Å²) < 4.78 is 7.05. The van der Waals surface area contributed by atoms with Gasteiger partial charge in [-0.05, 0) is 30.5 Å². The third-order valence-electron chi connectivity index (χ3n) is 4.35. The molecule has 0 spiro atoms. The first-order valence-electron chi connectivity index (χ1n) is 9.25. The molecule has 0 fully saturated rings. The molecule has 0 saturated heterocycles. The summed E-state index contributed by atoms with van der Waals surface area (Å²) >= 11 is 4.28. The van der Waals surface area contributed by atoms with E-state index in [1.54, 1.807) is 24.5 Å². The monoisotopic (exact) mass is 457 g/mol. The zero-order valence-electron chi connectivity index (χ0n) is 16.4. The predicted octanol–water partition coefficient (Wildman–Crippen LogP) is 4.85. The van der Waals surface area contributed by atoms with Crippen molar-refractivity contribution in [1.29, 1.82) is 0 Å². The molecule has 1 amide bonds. The van der Waals surface area contributed by atoms with Crippen LogP contribution >= 0.6 is 34.4 Å². The summed E-state index contributed by atoms with van der Waals surface area (Å²) in [6.45, 7) is 2.41. The minimum atomic E-state index is -0.188. The maximum absolute atomic E-state index is 13.0. The van der Waals surface area contributed by atoms with E-state index in [0.29, 0.717) is 33.4 Å². The number of nitrogens with one attached hydrogen (secondary N) is 1. The van der Waals surface area contributed by atoms with Gasteiger partial charge in [0.05, 0.1) is 23.4 Å². The summed E-state index contributed by atoms with van der Waals surface area (Å²) in [5.74, 6) is 0.576. The highest BCUT2D eigenvalue weighted by molar-refractivity contribution is 7.99. The van der Waals surface area contributed by atoms with Crippen molar-refractivity contribution in [3.63, 3.8) is 0 Å². The molecule has 0 atom stereocenters. The van der Waals surface area contributed by atoms with E-state index in [2.05, 4.69) is 10.3 Å². The molecule has 154 valence electrons. The molecular formula is C21H19N3O3S3. The van der Waals surface area contributed by atoms with Crippen molar-refractivity contribution in [2.24, 2.45) is 7.05 Å². The Morgan fingerprint density at radius 2 is 2.07 bits per heavy atom. The van der Waals surface area contributed by atoms with Crippen molar-refractivity contribution in [3.8, 4) is 16.2 Å². The van der Waals surface area contributed by atoms with Gasteiger partial charge in [-0.2, -0.15) is 0 Å². The Balaban J connectivity index is 1.53. The van der Waals surface area contributed by atoms with Crippen LogP contribution in [-0.2, 0) is 11.8 Å². The zero-order chi connectivity index (χ0) is 21.1. The largest absolute Gasteiger partial charge is 0.492 e. The number of carbonyl (C=O) groups excluding carboxylic acids is 1. The molecule has 4 aromatic rings. The number of ether oxygens (including phenoxy) is 1. The lowest BCUT2D eigenvalue weighted by Gasteiger charge is -2.11. The Labute approximate surface area is 185 Å². The summed E-state index contributed by atoms with van der Waals surface area (Å²) in [6, 6.07) is 11.3. The number of thioether (sulfide) groups is 1. The first-order chi connectivity index (χ1) is 14.6. The highest BCUT2D eigenvalue weighted by Crippen LogP contribution is 2.34. The molecule has 0 unspecified atom stereocenters. The van der Waals surface area contributed by atoms with Crippen molar-refractivity contribution < 1.29 is 9.53 Å². The van der Waals surface area contributed by atoms with Gasteiger partial charge >= 0.3 is 0 Å². The summed E-state index contributed by atoms with van der Waals surface area (Å²) in [5, 5.41) is 7.97. The molecule has 6 nitrogen and oxygen atoms in total. The first kappa shape index (κ1) is 20.6. The molecule has 0 aliphatic rings. The van der Waals surface area contributed by atoms with Gasteiger partial charge in [-0.25, -0.2) is 4.98 Å². The molecule has 0 aliphatic heterocycles. The lowest BCUT2D eigenvalue weighted by molar-refractivity contribution is -0.113. The van der Waals surface area contributed by atoms with Gasteiger partial charge in [-0.1, -0.05) is 30.0 Å². The van der Waals surface area contributed by atoms with Crippen molar-refractivity contribution in [2.45, 2.75) is 12.1 Å². The van der Waals surface area contributed by atoms with Crippen LogP contribution in [-0.4, -0.2) is 27.8 Å². The third kappa shape index (κ3) is 4.14. The number of anilines is 1. The summed E-state index contributed by atoms with van der Waals surface area (Å²) in [7, 11) is 1.69. The van der Waals surface area contributed by atoms with Crippen molar-refractivity contribution in [2.75, 3.05) is 17.7 Å². The Bertz CT molecular complexity index is 1250. The molecule has 30 heavy (non-hydrogen) atoms. The Morgan fingerprint density at radius 1 is 1.23 bits per heavy atom. The minimum absolute atomic E-state index is 0.103. The van der Waals surface area contributed by atoms with E-state index >= 15 is 0 Å². The van der Waals surface area contributed by atoms with Gasteiger partial charge in [0.2, 0.25) is 5.91 Å². The zero-order valence-corrected chi connectivity index (χ0v) is 18.8. The van der Waals surface area contributed by atoms with Crippen LogP contribution in [0.2, 0.25) is 0 Å². The van der Waals surface area contributed by atoms with Crippen LogP contribution in [0.1, 0.15) is 6.92 Å². The normalized spacial score (nSPS) is 11.0. The summed E-state index contributed by atoms with van der Waals surface area (Å²) in [4.78, 5) is 31.8. The lowest BCUT2D eigenvalue weighted by atomic mass is 10.2. The maximum atomic E-state index is 13.0. The number of benzene rings is 1. The number of para-hydroxylation sites is 2. The van der Waals surface area contributed by atoms with Crippen LogP contribution in [0.25, 0.3) is 20.7 Å². The Morgan fingerprint density at radius 3 is 2.83 bits per heavy atom. The van der Waals surface area contributed by atoms with Gasteiger partial charge in [0.1, 0.15) is 10.6 Å². The minimum Gasteiger partial charge on any atom is -0.492 e. The predicted molar refractivity (Wildman–Crippen MR) is 125 cm³/mol. The Kier molecular flexibility index (Phi) is 6.21. The number of hydrogen-bond acceptors (Lipinski definition) is 7. The number of thiophene rings is 2. The molecule has 0 radical (unpaired) electrons. The standard InChI is InChI=1S/C21H19N3O3S3/c1-3-27-15-8-5-4-7-14(15)22-17(25)12-30-21-23-19-18(20(26)24(21)2)13(11-29-19)16-9-6-10-28-16/h4-11H,3,12H2,1-2H3,(H,22,25). The summed E-state index contributed by atoms with van der Waals surface area (Å²) in [6.07, 6.45) is 0. The van der Waals surface area contributed by atoms with E-state index in [0.717, 1.165) is 10.4 Å². The SMILES string of the molecule is CCOc1ccccc1NC(=O)CSc1nc2scc(-c3cccs3)c2c(=O)n1C. The van der Waals surface area contributed by atoms with E-state index in [4.69, 9.17) is 4.74 Å². The van der Waals surface area contributed by atoms with Crippen LogP contribution in [0.3, 0.4) is 0 Å². The number of fused-ring (bicyclic) bond motifs is 1. The van der Waals surface area contributed by atoms with E-state index in [9.17, 15) is 9.59 Å². The topological polar surface area (TPSA) is 73.2 Å². The highest BCUT2D eigenvalue weighted by Gasteiger charge is 2.17. The molecule has 1 aromatic carbocycles.